The van der Waals surface area contributed by atoms with Crippen LogP contribution >= 0.6 is 0 Å². The molecule has 0 aliphatic rings. The predicted molar refractivity (Wildman–Crippen MR) is 75.5 cm³/mol. The first kappa shape index (κ1) is 15.4. The molecule has 104 valence electrons. The number of ketones is 1. The molecule has 0 radical (unpaired) electrons. The molecule has 0 spiro atoms. The van der Waals surface area contributed by atoms with Gasteiger partial charge in [0.05, 0.1) is 0 Å². The molecular weight excluding hydrogens is 240 g/mol. The van der Waals surface area contributed by atoms with Crippen LogP contribution in [0.1, 0.15) is 50.8 Å². The smallest absolute Gasteiger partial charge is 0.308 e. The van der Waals surface area contributed by atoms with E-state index in [9.17, 15) is 9.59 Å². The molecule has 0 aliphatic carbocycles. The molecule has 0 aromatic heterocycles. The van der Waals surface area contributed by atoms with Gasteiger partial charge in [0.15, 0.2) is 0 Å². The van der Waals surface area contributed by atoms with Gasteiger partial charge in [0, 0.05) is 24.3 Å². The number of rotatable bonds is 4. The van der Waals surface area contributed by atoms with Crippen molar-refractivity contribution in [1.82, 2.24) is 0 Å². The van der Waals surface area contributed by atoms with E-state index in [0.29, 0.717) is 12.2 Å². The van der Waals surface area contributed by atoms with Gasteiger partial charge in [-0.2, -0.15) is 0 Å². The Kier molecular flexibility index (Phi) is 4.51. The first-order chi connectivity index (χ1) is 8.63. The van der Waals surface area contributed by atoms with E-state index in [-0.39, 0.29) is 17.2 Å². The molecule has 0 bridgehead atoms. The number of esters is 1. The van der Waals surface area contributed by atoms with Crippen LogP contribution in [0.2, 0.25) is 0 Å². The van der Waals surface area contributed by atoms with Crippen molar-refractivity contribution in [3.05, 3.63) is 28.8 Å². The van der Waals surface area contributed by atoms with Crippen LogP contribution < -0.4 is 4.74 Å². The van der Waals surface area contributed by atoms with E-state index in [4.69, 9.17) is 4.74 Å². The minimum absolute atomic E-state index is 0.124. The predicted octanol–water partition coefficient (Wildman–Crippen LogP) is 3.49. The van der Waals surface area contributed by atoms with Crippen molar-refractivity contribution in [1.29, 1.82) is 0 Å². The van der Waals surface area contributed by atoms with Crippen molar-refractivity contribution in [2.45, 2.75) is 53.4 Å². The third kappa shape index (κ3) is 3.91. The van der Waals surface area contributed by atoms with Crippen LogP contribution in [0.25, 0.3) is 0 Å². The number of ether oxygens (including phenoxy) is 1. The molecule has 3 heteroatoms. The highest BCUT2D eigenvalue weighted by atomic mass is 16.5. The topological polar surface area (TPSA) is 43.4 Å². The van der Waals surface area contributed by atoms with Gasteiger partial charge in [-0.1, -0.05) is 19.9 Å². The highest BCUT2D eigenvalue weighted by Crippen LogP contribution is 2.38. The molecule has 0 saturated heterocycles. The minimum Gasteiger partial charge on any atom is -0.426 e. The summed E-state index contributed by atoms with van der Waals surface area (Å²) in [6, 6.07) is 3.90. The Labute approximate surface area is 115 Å². The normalized spacial score (nSPS) is 11.3. The number of Topliss-reactive ketones (excluding diaryl/α,β-unsaturated/α-hetero) is 1. The van der Waals surface area contributed by atoms with E-state index >= 15 is 0 Å². The minimum atomic E-state index is -0.353. The summed E-state index contributed by atoms with van der Waals surface area (Å²) in [7, 11) is 0. The largest absolute Gasteiger partial charge is 0.426 e. The quantitative estimate of drug-likeness (QED) is 0.616. The second-order valence-electron chi connectivity index (χ2n) is 5.81. The fourth-order valence-corrected chi connectivity index (χ4v) is 2.74. The van der Waals surface area contributed by atoms with Crippen LogP contribution in [-0.2, 0) is 15.0 Å². The molecule has 1 aromatic rings. The molecule has 0 fully saturated rings. The number of carbonyl (C=O) groups excluding carboxylic acids is 2. The van der Waals surface area contributed by atoms with Gasteiger partial charge in [0.25, 0.3) is 0 Å². The van der Waals surface area contributed by atoms with Gasteiger partial charge in [0.1, 0.15) is 11.5 Å². The van der Waals surface area contributed by atoms with E-state index in [1.807, 2.05) is 39.8 Å². The lowest BCUT2D eigenvalue weighted by Crippen LogP contribution is -2.23. The van der Waals surface area contributed by atoms with Crippen molar-refractivity contribution in [3.8, 4) is 5.75 Å². The Morgan fingerprint density at radius 1 is 1.16 bits per heavy atom. The fraction of sp³-hybridized carbons (Fsp3) is 0.500. The van der Waals surface area contributed by atoms with Gasteiger partial charge in [0.2, 0.25) is 0 Å². The van der Waals surface area contributed by atoms with E-state index < -0.39 is 0 Å². The van der Waals surface area contributed by atoms with Crippen molar-refractivity contribution >= 4 is 11.8 Å². The zero-order valence-corrected chi connectivity index (χ0v) is 12.6. The fourth-order valence-electron chi connectivity index (χ4n) is 2.74. The van der Waals surface area contributed by atoms with Crippen molar-refractivity contribution < 1.29 is 14.3 Å². The van der Waals surface area contributed by atoms with Crippen molar-refractivity contribution in [2.75, 3.05) is 0 Å². The summed E-state index contributed by atoms with van der Waals surface area (Å²) in [6.07, 6.45) is 0.422. The zero-order valence-electron chi connectivity index (χ0n) is 12.6. The number of benzene rings is 1. The number of aryl methyl sites for hydroxylation is 2. The van der Waals surface area contributed by atoms with Crippen LogP contribution in [0, 0.1) is 13.8 Å². The third-order valence-electron chi connectivity index (χ3n) is 3.07. The average Bonchev–Trinajstić information content (AvgIpc) is 2.10. The van der Waals surface area contributed by atoms with Crippen LogP contribution in [0.4, 0.5) is 0 Å². The first-order valence-corrected chi connectivity index (χ1v) is 6.43. The second-order valence-corrected chi connectivity index (χ2v) is 5.81. The molecule has 1 aromatic carbocycles. The summed E-state index contributed by atoms with van der Waals surface area (Å²) in [5, 5.41) is 0. The zero-order chi connectivity index (χ0) is 14.8. The Balaban J connectivity index is 3.39. The SMILES string of the molecule is CC(=O)CC(C)(C)c1c(C)cc(C)cc1OC(C)=O. The van der Waals surface area contributed by atoms with Gasteiger partial charge in [-0.15, -0.1) is 0 Å². The van der Waals surface area contributed by atoms with Crippen LogP contribution in [0.15, 0.2) is 12.1 Å². The van der Waals surface area contributed by atoms with E-state index in [1.165, 1.54) is 6.92 Å². The second kappa shape index (κ2) is 5.55. The van der Waals surface area contributed by atoms with Gasteiger partial charge in [-0.3, -0.25) is 9.59 Å². The lowest BCUT2D eigenvalue weighted by molar-refractivity contribution is -0.131. The third-order valence-corrected chi connectivity index (χ3v) is 3.07. The highest BCUT2D eigenvalue weighted by Gasteiger charge is 2.28. The van der Waals surface area contributed by atoms with E-state index in [2.05, 4.69) is 0 Å². The number of carbonyl (C=O) groups is 2. The summed E-state index contributed by atoms with van der Waals surface area (Å²) >= 11 is 0. The maximum Gasteiger partial charge on any atom is 0.308 e. The molecule has 0 aliphatic heterocycles. The van der Waals surface area contributed by atoms with Gasteiger partial charge in [-0.05, 0) is 38.0 Å². The molecular formula is C16H22O3. The number of hydrogen-bond donors (Lipinski definition) is 0. The summed E-state index contributed by atoms with van der Waals surface area (Å²) in [6.45, 7) is 10.9. The molecule has 3 nitrogen and oxygen atoms in total. The summed E-state index contributed by atoms with van der Waals surface area (Å²) in [5.41, 5.74) is 2.66. The first-order valence-electron chi connectivity index (χ1n) is 6.43. The van der Waals surface area contributed by atoms with Crippen LogP contribution in [0.3, 0.4) is 0 Å². The van der Waals surface area contributed by atoms with Gasteiger partial charge < -0.3 is 4.74 Å². The van der Waals surface area contributed by atoms with Crippen molar-refractivity contribution in [3.63, 3.8) is 0 Å². The van der Waals surface area contributed by atoms with Gasteiger partial charge >= 0.3 is 5.97 Å². The lowest BCUT2D eigenvalue weighted by atomic mass is 9.77. The molecule has 1 rings (SSSR count). The lowest BCUT2D eigenvalue weighted by Gasteiger charge is -2.28. The van der Waals surface area contributed by atoms with E-state index in [1.54, 1.807) is 6.92 Å². The summed E-state index contributed by atoms with van der Waals surface area (Å²) in [4.78, 5) is 22.7. The Hall–Kier alpha value is -1.64. The molecule has 0 unspecified atom stereocenters. The molecule has 19 heavy (non-hydrogen) atoms. The molecule has 0 heterocycles. The summed E-state index contributed by atoms with van der Waals surface area (Å²) in [5.74, 6) is 0.347. The maximum atomic E-state index is 11.4. The average molecular weight is 262 g/mol. The number of hydrogen-bond acceptors (Lipinski definition) is 3. The monoisotopic (exact) mass is 262 g/mol. The molecule has 0 N–H and O–H groups in total. The molecule has 0 amide bonds. The Morgan fingerprint density at radius 3 is 2.21 bits per heavy atom. The molecule has 0 saturated carbocycles. The Morgan fingerprint density at radius 2 is 1.74 bits per heavy atom. The standard InChI is InChI=1S/C16H22O3/c1-10-7-11(2)15(14(8-10)19-13(4)18)16(5,6)9-12(3)17/h7-8H,9H2,1-6H3. The Bertz CT molecular complexity index is 513. The highest BCUT2D eigenvalue weighted by molar-refractivity contribution is 5.78. The summed E-state index contributed by atoms with van der Waals surface area (Å²) < 4.78 is 5.32. The van der Waals surface area contributed by atoms with Crippen LogP contribution in [-0.4, -0.2) is 11.8 Å². The van der Waals surface area contributed by atoms with Crippen molar-refractivity contribution in [2.24, 2.45) is 0 Å². The van der Waals surface area contributed by atoms with E-state index in [0.717, 1.165) is 16.7 Å². The molecule has 0 atom stereocenters. The van der Waals surface area contributed by atoms with Crippen LogP contribution in [0.5, 0.6) is 5.75 Å². The van der Waals surface area contributed by atoms with Gasteiger partial charge in [-0.25, -0.2) is 0 Å². The maximum absolute atomic E-state index is 11.4.